The highest BCUT2D eigenvalue weighted by molar-refractivity contribution is 7.10. The Morgan fingerprint density at radius 3 is 3.00 bits per heavy atom. The molecule has 98 valence electrons. The Labute approximate surface area is 114 Å². The molecule has 1 aliphatic heterocycles. The number of likely N-dealkylation sites (tertiary alicyclic amines) is 1. The monoisotopic (exact) mass is 263 g/mol. The molecular formula is C15H21NOS. The van der Waals surface area contributed by atoms with Crippen molar-refractivity contribution in [1.82, 2.24) is 4.90 Å². The Morgan fingerprint density at radius 1 is 1.44 bits per heavy atom. The van der Waals surface area contributed by atoms with E-state index in [0.29, 0.717) is 0 Å². The molecule has 2 heterocycles. The first-order valence-corrected chi connectivity index (χ1v) is 7.47. The number of hydrogen-bond acceptors (Lipinski definition) is 3. The maximum absolute atomic E-state index is 8.76. The Bertz CT molecular complexity index is 443. The lowest BCUT2D eigenvalue weighted by atomic mass is 9.89. The van der Waals surface area contributed by atoms with Crippen molar-refractivity contribution in [3.05, 3.63) is 21.9 Å². The zero-order valence-corrected chi connectivity index (χ0v) is 12.0. The van der Waals surface area contributed by atoms with E-state index in [1.54, 1.807) is 11.3 Å². The molecule has 0 bridgehead atoms. The molecule has 1 aromatic heterocycles. The van der Waals surface area contributed by atoms with Gasteiger partial charge in [-0.3, -0.25) is 4.90 Å². The predicted molar refractivity (Wildman–Crippen MR) is 76.5 cm³/mol. The molecule has 1 aromatic rings. The SMILES string of the molecule is CC1CCN(Cc2sccc2C#CCO)CC1C. The molecule has 0 spiro atoms. The summed E-state index contributed by atoms with van der Waals surface area (Å²) in [6.07, 6.45) is 1.30. The molecule has 18 heavy (non-hydrogen) atoms. The standard InChI is InChI=1S/C15H21NOS/c1-12-5-7-16(10-13(12)2)11-15-14(4-3-8-17)6-9-18-15/h6,9,12-13,17H,5,7-8,10-11H2,1-2H3. The number of aliphatic hydroxyl groups excluding tert-OH is 1. The summed E-state index contributed by atoms with van der Waals surface area (Å²) < 4.78 is 0. The van der Waals surface area contributed by atoms with Crippen molar-refractivity contribution in [1.29, 1.82) is 0 Å². The van der Waals surface area contributed by atoms with E-state index in [9.17, 15) is 0 Å². The first-order valence-electron chi connectivity index (χ1n) is 6.59. The first kappa shape index (κ1) is 13.6. The number of rotatable bonds is 2. The van der Waals surface area contributed by atoms with E-state index in [-0.39, 0.29) is 6.61 Å². The highest BCUT2D eigenvalue weighted by Crippen LogP contribution is 2.25. The average molecular weight is 263 g/mol. The fraction of sp³-hybridized carbons (Fsp3) is 0.600. The Balaban J connectivity index is 1.99. The van der Waals surface area contributed by atoms with Gasteiger partial charge in [-0.05, 0) is 36.2 Å². The topological polar surface area (TPSA) is 23.5 Å². The van der Waals surface area contributed by atoms with Gasteiger partial charge in [0.25, 0.3) is 0 Å². The van der Waals surface area contributed by atoms with Crippen LogP contribution < -0.4 is 0 Å². The summed E-state index contributed by atoms with van der Waals surface area (Å²) in [6.45, 7) is 8.02. The number of aliphatic hydroxyl groups is 1. The number of thiophene rings is 1. The van der Waals surface area contributed by atoms with Gasteiger partial charge < -0.3 is 5.11 Å². The third kappa shape index (κ3) is 3.35. The fourth-order valence-electron chi connectivity index (χ4n) is 2.41. The second-order valence-electron chi connectivity index (χ2n) is 5.20. The first-order chi connectivity index (χ1) is 8.70. The van der Waals surface area contributed by atoms with Crippen LogP contribution in [-0.2, 0) is 6.54 Å². The molecule has 1 fully saturated rings. The molecular weight excluding hydrogens is 242 g/mol. The third-order valence-corrected chi connectivity index (χ3v) is 4.74. The van der Waals surface area contributed by atoms with Crippen LogP contribution in [0.4, 0.5) is 0 Å². The van der Waals surface area contributed by atoms with E-state index in [4.69, 9.17) is 5.11 Å². The molecule has 2 nitrogen and oxygen atoms in total. The second-order valence-corrected chi connectivity index (χ2v) is 6.20. The van der Waals surface area contributed by atoms with Crippen LogP contribution in [0.25, 0.3) is 0 Å². The van der Waals surface area contributed by atoms with Crippen LogP contribution >= 0.6 is 11.3 Å². The van der Waals surface area contributed by atoms with Crippen LogP contribution in [0.5, 0.6) is 0 Å². The predicted octanol–water partition coefficient (Wildman–Crippen LogP) is 2.57. The summed E-state index contributed by atoms with van der Waals surface area (Å²) in [5.41, 5.74) is 1.08. The van der Waals surface area contributed by atoms with Crippen molar-refractivity contribution in [2.24, 2.45) is 11.8 Å². The lowest BCUT2D eigenvalue weighted by Gasteiger charge is -2.35. The van der Waals surface area contributed by atoms with Crippen LogP contribution in [0.1, 0.15) is 30.7 Å². The van der Waals surface area contributed by atoms with Crippen molar-refractivity contribution in [2.75, 3.05) is 19.7 Å². The molecule has 1 saturated heterocycles. The lowest BCUT2D eigenvalue weighted by Crippen LogP contribution is -2.37. The normalized spacial score (nSPS) is 24.6. The molecule has 2 unspecified atom stereocenters. The summed E-state index contributed by atoms with van der Waals surface area (Å²) in [4.78, 5) is 3.86. The summed E-state index contributed by atoms with van der Waals surface area (Å²) in [7, 11) is 0. The van der Waals surface area contributed by atoms with Gasteiger partial charge in [0.05, 0.1) is 0 Å². The van der Waals surface area contributed by atoms with Gasteiger partial charge in [0, 0.05) is 23.5 Å². The zero-order valence-electron chi connectivity index (χ0n) is 11.1. The lowest BCUT2D eigenvalue weighted by molar-refractivity contribution is 0.133. The molecule has 0 radical (unpaired) electrons. The Morgan fingerprint density at radius 2 is 2.28 bits per heavy atom. The van der Waals surface area contributed by atoms with Gasteiger partial charge >= 0.3 is 0 Å². The summed E-state index contributed by atoms with van der Waals surface area (Å²) in [5.74, 6) is 7.40. The van der Waals surface area contributed by atoms with Crippen molar-refractivity contribution in [3.63, 3.8) is 0 Å². The van der Waals surface area contributed by atoms with Gasteiger partial charge in [0.2, 0.25) is 0 Å². The molecule has 2 atom stereocenters. The number of nitrogens with zero attached hydrogens (tertiary/aromatic N) is 1. The van der Waals surface area contributed by atoms with E-state index in [0.717, 1.165) is 23.9 Å². The van der Waals surface area contributed by atoms with Crippen molar-refractivity contribution in [2.45, 2.75) is 26.8 Å². The van der Waals surface area contributed by atoms with Crippen LogP contribution in [0.15, 0.2) is 11.4 Å². The molecule has 1 N–H and O–H groups in total. The summed E-state index contributed by atoms with van der Waals surface area (Å²) in [6, 6.07) is 2.05. The molecule has 0 aliphatic carbocycles. The van der Waals surface area contributed by atoms with E-state index in [1.165, 1.54) is 24.4 Å². The summed E-state index contributed by atoms with van der Waals surface area (Å²) >= 11 is 1.77. The van der Waals surface area contributed by atoms with E-state index in [1.807, 2.05) is 0 Å². The largest absolute Gasteiger partial charge is 0.384 e. The van der Waals surface area contributed by atoms with Gasteiger partial charge in [0.1, 0.15) is 6.61 Å². The third-order valence-electron chi connectivity index (χ3n) is 3.83. The quantitative estimate of drug-likeness (QED) is 0.829. The van der Waals surface area contributed by atoms with Gasteiger partial charge in [-0.2, -0.15) is 0 Å². The Kier molecular flexibility index (Phi) is 4.82. The van der Waals surface area contributed by atoms with Gasteiger partial charge in [-0.1, -0.05) is 25.7 Å². The molecule has 0 saturated carbocycles. The zero-order chi connectivity index (χ0) is 13.0. The van der Waals surface area contributed by atoms with E-state index < -0.39 is 0 Å². The molecule has 3 heteroatoms. The van der Waals surface area contributed by atoms with Gasteiger partial charge in [0.15, 0.2) is 0 Å². The highest BCUT2D eigenvalue weighted by Gasteiger charge is 2.23. The van der Waals surface area contributed by atoms with E-state index >= 15 is 0 Å². The second kappa shape index (κ2) is 6.38. The molecule has 2 rings (SSSR count). The van der Waals surface area contributed by atoms with Crippen LogP contribution in [0.2, 0.25) is 0 Å². The fourth-order valence-corrected chi connectivity index (χ4v) is 3.28. The van der Waals surface area contributed by atoms with Crippen LogP contribution in [0.3, 0.4) is 0 Å². The smallest absolute Gasteiger partial charge is 0.104 e. The summed E-state index contributed by atoms with van der Waals surface area (Å²) in [5, 5.41) is 10.9. The number of piperidine rings is 1. The molecule has 0 amide bonds. The van der Waals surface area contributed by atoms with Gasteiger partial charge in [-0.25, -0.2) is 0 Å². The van der Waals surface area contributed by atoms with Crippen LogP contribution in [0, 0.1) is 23.7 Å². The maximum atomic E-state index is 8.76. The maximum Gasteiger partial charge on any atom is 0.104 e. The minimum Gasteiger partial charge on any atom is -0.384 e. The highest BCUT2D eigenvalue weighted by atomic mass is 32.1. The average Bonchev–Trinajstić information content (AvgIpc) is 2.79. The van der Waals surface area contributed by atoms with Crippen molar-refractivity contribution >= 4 is 11.3 Å². The van der Waals surface area contributed by atoms with Crippen molar-refractivity contribution in [3.8, 4) is 11.8 Å². The Hall–Kier alpha value is -0.820. The number of hydrogen-bond donors (Lipinski definition) is 1. The van der Waals surface area contributed by atoms with Crippen molar-refractivity contribution < 1.29 is 5.11 Å². The van der Waals surface area contributed by atoms with Gasteiger partial charge in [-0.15, -0.1) is 11.3 Å². The molecule has 0 aromatic carbocycles. The minimum atomic E-state index is -0.0620. The minimum absolute atomic E-state index is 0.0620. The van der Waals surface area contributed by atoms with E-state index in [2.05, 4.69) is 42.0 Å². The van der Waals surface area contributed by atoms with Crippen LogP contribution in [-0.4, -0.2) is 29.7 Å². The molecule has 1 aliphatic rings.